The number of alkyl carbamates (subject to hydrolysis) is 1. The third-order valence-corrected chi connectivity index (χ3v) is 7.67. The fourth-order valence-electron chi connectivity index (χ4n) is 5.36. The highest BCUT2D eigenvalue weighted by molar-refractivity contribution is 6.00. The number of anilines is 1. The minimum Gasteiger partial charge on any atom is -0.444 e. The quantitative estimate of drug-likeness (QED) is 0.265. The van der Waals surface area contributed by atoms with E-state index in [4.69, 9.17) is 4.74 Å². The highest BCUT2D eigenvalue weighted by Gasteiger charge is 2.42. The lowest BCUT2D eigenvalue weighted by Crippen LogP contribution is -2.57. The van der Waals surface area contributed by atoms with Crippen LogP contribution in [0.2, 0.25) is 0 Å². The van der Waals surface area contributed by atoms with Crippen LogP contribution in [0.3, 0.4) is 0 Å². The van der Waals surface area contributed by atoms with Crippen molar-refractivity contribution in [3.05, 3.63) is 77.9 Å². The fraction of sp³-hybridized carbons (Fsp3) is 0.457. The number of hydrogen-bond donors (Lipinski definition) is 2. The van der Waals surface area contributed by atoms with Gasteiger partial charge < -0.3 is 20.3 Å². The van der Waals surface area contributed by atoms with Crippen LogP contribution in [0.25, 0.3) is 10.8 Å². The summed E-state index contributed by atoms with van der Waals surface area (Å²) >= 11 is 0. The average Bonchev–Trinajstić information content (AvgIpc) is 2.90. The maximum Gasteiger partial charge on any atom is 0.408 e. The molecule has 4 rings (SSSR count). The summed E-state index contributed by atoms with van der Waals surface area (Å²) in [5.41, 5.74) is 1.86. The number of fused-ring (bicyclic) bond motifs is 1. The molecule has 2 atom stereocenters. The van der Waals surface area contributed by atoms with E-state index in [1.54, 1.807) is 25.7 Å². The number of amides is 3. The van der Waals surface area contributed by atoms with Gasteiger partial charge in [-0.15, -0.1) is 0 Å². The molecule has 3 aromatic rings. The summed E-state index contributed by atoms with van der Waals surface area (Å²) in [7, 11) is 0. The first-order valence-electron chi connectivity index (χ1n) is 15.2. The van der Waals surface area contributed by atoms with Crippen LogP contribution in [0.5, 0.6) is 0 Å². The maximum atomic E-state index is 14.5. The first-order valence-corrected chi connectivity index (χ1v) is 15.2. The summed E-state index contributed by atoms with van der Waals surface area (Å²) in [6.07, 6.45) is 3.25. The summed E-state index contributed by atoms with van der Waals surface area (Å²) in [5.74, 6) is -0.418. The van der Waals surface area contributed by atoms with Gasteiger partial charge in [0.05, 0.1) is 0 Å². The van der Waals surface area contributed by atoms with Gasteiger partial charge in [-0.05, 0) is 92.8 Å². The molecule has 1 aliphatic rings. The van der Waals surface area contributed by atoms with Crippen molar-refractivity contribution in [2.45, 2.75) is 97.4 Å². The molecular formula is C35H45N3O4. The minimum atomic E-state index is -0.865. The molecule has 0 aromatic heterocycles. The molecule has 0 aliphatic heterocycles. The van der Waals surface area contributed by atoms with Gasteiger partial charge in [0.1, 0.15) is 17.7 Å². The third kappa shape index (κ3) is 7.90. The second-order valence-electron chi connectivity index (χ2n) is 12.7. The van der Waals surface area contributed by atoms with Crippen LogP contribution in [0.4, 0.5) is 10.5 Å². The molecule has 7 heteroatoms. The van der Waals surface area contributed by atoms with Gasteiger partial charge in [0.15, 0.2) is 0 Å². The molecule has 1 fully saturated rings. The number of benzene rings is 3. The number of carbonyl (C=O) groups excluding carboxylic acids is 3. The number of ether oxygens (including phenoxy) is 1. The summed E-state index contributed by atoms with van der Waals surface area (Å²) in [5, 5.41) is 8.04. The summed E-state index contributed by atoms with van der Waals surface area (Å²) in [6.45, 7) is 11.5. The van der Waals surface area contributed by atoms with Crippen molar-refractivity contribution in [3.63, 3.8) is 0 Å². The molecule has 3 amide bonds. The SMILES string of the molecule is CCc1ccc(C(C(=O)Nc2ccc3ccccc3c2)N(C(=O)C(CC(C)C)NC(=O)OC(C)(C)C)C2CCC2)cc1. The summed E-state index contributed by atoms with van der Waals surface area (Å²) < 4.78 is 5.51. The Labute approximate surface area is 250 Å². The van der Waals surface area contributed by atoms with E-state index in [1.807, 2.05) is 80.6 Å². The lowest BCUT2D eigenvalue weighted by Gasteiger charge is -2.43. The van der Waals surface area contributed by atoms with Gasteiger partial charge in [-0.25, -0.2) is 4.79 Å². The Hall–Kier alpha value is -3.87. The number of hydrogen-bond acceptors (Lipinski definition) is 4. The topological polar surface area (TPSA) is 87.7 Å². The third-order valence-electron chi connectivity index (χ3n) is 7.67. The Morgan fingerprint density at radius 2 is 1.62 bits per heavy atom. The second kappa shape index (κ2) is 13.4. The molecule has 2 N–H and O–H groups in total. The van der Waals surface area contributed by atoms with E-state index in [-0.39, 0.29) is 23.8 Å². The monoisotopic (exact) mass is 571 g/mol. The average molecular weight is 572 g/mol. The Kier molecular flexibility index (Phi) is 9.92. The minimum absolute atomic E-state index is 0.106. The van der Waals surface area contributed by atoms with Gasteiger partial charge in [0.2, 0.25) is 5.91 Å². The molecule has 2 unspecified atom stereocenters. The van der Waals surface area contributed by atoms with Crippen molar-refractivity contribution in [2.24, 2.45) is 5.92 Å². The molecule has 1 saturated carbocycles. The Balaban J connectivity index is 1.72. The van der Waals surface area contributed by atoms with E-state index in [1.165, 1.54) is 0 Å². The van der Waals surface area contributed by atoms with Crippen LogP contribution in [-0.2, 0) is 20.7 Å². The smallest absolute Gasteiger partial charge is 0.408 e. The van der Waals surface area contributed by atoms with E-state index < -0.39 is 23.8 Å². The molecule has 0 saturated heterocycles. The zero-order valence-corrected chi connectivity index (χ0v) is 25.8. The van der Waals surface area contributed by atoms with Gasteiger partial charge in [-0.2, -0.15) is 0 Å². The van der Waals surface area contributed by atoms with E-state index in [0.717, 1.165) is 47.6 Å². The highest BCUT2D eigenvalue weighted by Crippen LogP contribution is 2.35. The number of nitrogens with zero attached hydrogens (tertiary/aromatic N) is 1. The Bertz CT molecular complexity index is 1390. The number of aryl methyl sites for hydroxylation is 1. The molecule has 0 radical (unpaired) electrons. The normalized spacial score (nSPS) is 15.0. The lowest BCUT2D eigenvalue weighted by atomic mass is 9.87. The Morgan fingerprint density at radius 1 is 0.952 bits per heavy atom. The van der Waals surface area contributed by atoms with E-state index in [9.17, 15) is 14.4 Å². The molecule has 42 heavy (non-hydrogen) atoms. The molecule has 1 aliphatic carbocycles. The van der Waals surface area contributed by atoms with Gasteiger partial charge >= 0.3 is 6.09 Å². The first-order chi connectivity index (χ1) is 19.9. The zero-order valence-electron chi connectivity index (χ0n) is 25.8. The number of carbonyl (C=O) groups is 3. The fourth-order valence-corrected chi connectivity index (χ4v) is 5.36. The highest BCUT2D eigenvalue weighted by atomic mass is 16.6. The van der Waals surface area contributed by atoms with Gasteiger partial charge in [0.25, 0.3) is 5.91 Å². The van der Waals surface area contributed by atoms with Crippen LogP contribution in [-0.4, -0.2) is 40.5 Å². The zero-order chi connectivity index (χ0) is 30.4. The molecule has 0 bridgehead atoms. The standard InChI is InChI=1S/C35H45N3O4/c1-7-24-15-17-26(18-16-24)31(32(39)36-28-20-19-25-11-8-9-12-27(25)22-28)38(29-13-10-14-29)33(40)30(21-23(2)3)37-34(41)42-35(4,5)6/h8-9,11-12,15-20,22-23,29-31H,7,10,13-14,21H2,1-6H3,(H,36,39)(H,37,41). The summed E-state index contributed by atoms with van der Waals surface area (Å²) in [4.78, 5) is 43.3. The van der Waals surface area contributed by atoms with Crippen molar-refractivity contribution >= 4 is 34.4 Å². The number of nitrogens with one attached hydrogen (secondary N) is 2. The van der Waals surface area contributed by atoms with Crippen molar-refractivity contribution in [3.8, 4) is 0 Å². The van der Waals surface area contributed by atoms with E-state index >= 15 is 0 Å². The summed E-state index contributed by atoms with van der Waals surface area (Å²) in [6, 6.07) is 19.9. The van der Waals surface area contributed by atoms with Gasteiger partial charge in [-0.3, -0.25) is 9.59 Å². The van der Waals surface area contributed by atoms with Crippen molar-refractivity contribution in [1.29, 1.82) is 0 Å². The first kappa shape index (κ1) is 31.1. The van der Waals surface area contributed by atoms with Crippen molar-refractivity contribution in [2.75, 3.05) is 5.32 Å². The van der Waals surface area contributed by atoms with Crippen LogP contribution in [0.1, 0.15) is 84.4 Å². The molecule has 0 spiro atoms. The largest absolute Gasteiger partial charge is 0.444 e. The molecule has 224 valence electrons. The lowest BCUT2D eigenvalue weighted by molar-refractivity contribution is -0.146. The van der Waals surface area contributed by atoms with Crippen LogP contribution in [0.15, 0.2) is 66.7 Å². The van der Waals surface area contributed by atoms with E-state index in [0.29, 0.717) is 12.1 Å². The van der Waals surface area contributed by atoms with Gasteiger partial charge in [0, 0.05) is 11.7 Å². The molecule has 3 aromatic carbocycles. The van der Waals surface area contributed by atoms with Crippen LogP contribution in [0, 0.1) is 5.92 Å². The van der Waals surface area contributed by atoms with Crippen molar-refractivity contribution in [1.82, 2.24) is 10.2 Å². The predicted molar refractivity (Wildman–Crippen MR) is 168 cm³/mol. The molecule has 0 heterocycles. The van der Waals surface area contributed by atoms with Crippen LogP contribution < -0.4 is 10.6 Å². The van der Waals surface area contributed by atoms with Crippen LogP contribution >= 0.6 is 0 Å². The molecular weight excluding hydrogens is 526 g/mol. The number of rotatable bonds is 10. The Morgan fingerprint density at radius 3 is 2.19 bits per heavy atom. The predicted octanol–water partition coefficient (Wildman–Crippen LogP) is 7.40. The maximum absolute atomic E-state index is 14.5. The molecule has 7 nitrogen and oxygen atoms in total. The van der Waals surface area contributed by atoms with Crippen molar-refractivity contribution < 1.29 is 19.1 Å². The van der Waals surface area contributed by atoms with E-state index in [2.05, 4.69) is 17.6 Å². The van der Waals surface area contributed by atoms with Gasteiger partial charge in [-0.1, -0.05) is 75.4 Å². The second-order valence-corrected chi connectivity index (χ2v) is 12.7.